The zero-order valence-corrected chi connectivity index (χ0v) is 13.5. The normalized spacial score (nSPS) is 12.8. The van der Waals surface area contributed by atoms with E-state index < -0.39 is 0 Å². The largest absolute Gasteiger partial charge is 0.291 e. The van der Waals surface area contributed by atoms with Crippen LogP contribution < -0.4 is 5.56 Å². The van der Waals surface area contributed by atoms with Gasteiger partial charge in [-0.1, -0.05) is 13.0 Å². The van der Waals surface area contributed by atoms with Crippen LogP contribution in [0.15, 0.2) is 54.0 Å². The van der Waals surface area contributed by atoms with Gasteiger partial charge in [0, 0.05) is 18.6 Å². The molecule has 0 saturated heterocycles. The minimum atomic E-state index is -0.169. The number of nitrogens with zero attached hydrogens (tertiary/aromatic N) is 5. The molecule has 4 rings (SSSR count). The number of rotatable bonds is 3. The Balaban J connectivity index is 1.88. The first-order valence-electron chi connectivity index (χ1n) is 7.94. The van der Waals surface area contributed by atoms with Crippen molar-refractivity contribution < 1.29 is 0 Å². The highest BCUT2D eigenvalue weighted by Crippen LogP contribution is 2.20. The summed E-state index contributed by atoms with van der Waals surface area (Å²) in [6.45, 7) is 4.03. The van der Waals surface area contributed by atoms with Gasteiger partial charge in [-0.05, 0) is 37.1 Å². The molecule has 1 unspecified atom stereocenters. The third kappa shape index (κ3) is 2.27. The van der Waals surface area contributed by atoms with Crippen LogP contribution in [0.25, 0.3) is 16.7 Å². The van der Waals surface area contributed by atoms with E-state index in [1.165, 1.54) is 0 Å². The maximum atomic E-state index is 12.9. The van der Waals surface area contributed by atoms with E-state index in [1.54, 1.807) is 17.1 Å². The van der Waals surface area contributed by atoms with Gasteiger partial charge in [0.15, 0.2) is 0 Å². The fraction of sp³-hybridized carbons (Fsp3) is 0.222. The van der Waals surface area contributed by atoms with Gasteiger partial charge in [-0.2, -0.15) is 0 Å². The molecular formula is C18H17N5O. The van der Waals surface area contributed by atoms with Crippen LogP contribution in [0.4, 0.5) is 0 Å². The van der Waals surface area contributed by atoms with Crippen molar-refractivity contribution in [2.45, 2.75) is 26.3 Å². The van der Waals surface area contributed by atoms with Crippen molar-refractivity contribution in [3.05, 3.63) is 70.8 Å². The van der Waals surface area contributed by atoms with Crippen LogP contribution in [0, 0.1) is 6.92 Å². The molecule has 0 spiro atoms. The zero-order valence-electron chi connectivity index (χ0n) is 13.5. The molecule has 6 nitrogen and oxygen atoms in total. The van der Waals surface area contributed by atoms with Gasteiger partial charge in [0.05, 0.1) is 29.0 Å². The molecule has 0 fully saturated rings. The first-order valence-corrected chi connectivity index (χ1v) is 7.94. The van der Waals surface area contributed by atoms with Gasteiger partial charge in [-0.15, -0.1) is 0 Å². The van der Waals surface area contributed by atoms with Gasteiger partial charge < -0.3 is 0 Å². The fourth-order valence-electron chi connectivity index (χ4n) is 3.02. The Labute approximate surface area is 138 Å². The molecule has 0 N–H and O–H groups in total. The van der Waals surface area contributed by atoms with E-state index in [9.17, 15) is 4.79 Å². The number of aromatic nitrogens is 5. The van der Waals surface area contributed by atoms with Crippen molar-refractivity contribution in [3.8, 4) is 0 Å². The molecular weight excluding hydrogens is 302 g/mol. The molecule has 1 atom stereocenters. The summed E-state index contributed by atoms with van der Waals surface area (Å²) in [4.78, 5) is 26.2. The predicted octanol–water partition coefficient (Wildman–Crippen LogP) is 2.75. The highest BCUT2D eigenvalue weighted by molar-refractivity contribution is 5.77. The SMILES string of the molecule is CCC(c1cn2cccnc2n1)n1cnc2cc(C)ccc2c1=O. The second kappa shape index (κ2) is 5.56. The van der Waals surface area contributed by atoms with Gasteiger partial charge >= 0.3 is 0 Å². The van der Waals surface area contributed by atoms with E-state index in [0.29, 0.717) is 11.2 Å². The summed E-state index contributed by atoms with van der Waals surface area (Å²) in [7, 11) is 0. The molecule has 0 saturated carbocycles. The molecule has 0 aliphatic rings. The van der Waals surface area contributed by atoms with E-state index >= 15 is 0 Å². The summed E-state index contributed by atoms with van der Waals surface area (Å²) in [6.07, 6.45) is 7.88. The Morgan fingerprint density at radius 3 is 2.92 bits per heavy atom. The Morgan fingerprint density at radius 2 is 2.12 bits per heavy atom. The van der Waals surface area contributed by atoms with Crippen LogP contribution in [0.5, 0.6) is 0 Å². The number of hydrogen-bond donors (Lipinski definition) is 0. The third-order valence-corrected chi connectivity index (χ3v) is 4.26. The van der Waals surface area contributed by atoms with E-state index in [2.05, 4.69) is 15.0 Å². The van der Waals surface area contributed by atoms with E-state index in [4.69, 9.17) is 0 Å². The Bertz CT molecular complexity index is 1060. The number of benzene rings is 1. The van der Waals surface area contributed by atoms with Gasteiger partial charge in [0.2, 0.25) is 5.78 Å². The number of imidazole rings is 1. The summed E-state index contributed by atoms with van der Waals surface area (Å²) < 4.78 is 3.53. The predicted molar refractivity (Wildman–Crippen MR) is 92.2 cm³/mol. The standard InChI is InChI=1S/C18H17N5O/c1-3-16(15-10-22-8-4-7-19-18(22)21-15)23-11-20-14-9-12(2)5-6-13(14)17(23)24/h4-11,16H,3H2,1-2H3. The molecule has 120 valence electrons. The first kappa shape index (κ1) is 14.6. The lowest BCUT2D eigenvalue weighted by atomic mass is 10.1. The van der Waals surface area contributed by atoms with E-state index in [1.807, 2.05) is 54.9 Å². The Morgan fingerprint density at radius 1 is 1.25 bits per heavy atom. The van der Waals surface area contributed by atoms with Gasteiger partial charge in [0.1, 0.15) is 0 Å². The maximum Gasteiger partial charge on any atom is 0.261 e. The average Bonchev–Trinajstić information content (AvgIpc) is 3.01. The maximum absolute atomic E-state index is 12.9. The molecule has 24 heavy (non-hydrogen) atoms. The molecule has 4 aromatic rings. The molecule has 0 aliphatic heterocycles. The smallest absolute Gasteiger partial charge is 0.261 e. The monoisotopic (exact) mass is 319 g/mol. The zero-order chi connectivity index (χ0) is 16.7. The summed E-state index contributed by atoms with van der Waals surface area (Å²) in [5.74, 6) is 0.628. The van der Waals surface area contributed by atoms with Gasteiger partial charge in [-0.25, -0.2) is 15.0 Å². The van der Waals surface area contributed by atoms with Crippen molar-refractivity contribution in [2.75, 3.05) is 0 Å². The van der Waals surface area contributed by atoms with Crippen LogP contribution in [0.2, 0.25) is 0 Å². The molecule has 3 aromatic heterocycles. The van der Waals surface area contributed by atoms with Gasteiger partial charge in [-0.3, -0.25) is 13.8 Å². The summed E-state index contributed by atoms with van der Waals surface area (Å²) in [5.41, 5.74) is 2.58. The third-order valence-electron chi connectivity index (χ3n) is 4.26. The number of hydrogen-bond acceptors (Lipinski definition) is 4. The lowest BCUT2D eigenvalue weighted by Gasteiger charge is -2.16. The second-order valence-electron chi connectivity index (χ2n) is 5.89. The first-order chi connectivity index (χ1) is 11.7. The highest BCUT2D eigenvalue weighted by atomic mass is 16.1. The van der Waals surface area contributed by atoms with Gasteiger partial charge in [0.25, 0.3) is 5.56 Å². The van der Waals surface area contributed by atoms with Crippen LogP contribution in [-0.4, -0.2) is 23.9 Å². The minimum absolute atomic E-state index is 0.0446. The van der Waals surface area contributed by atoms with Crippen molar-refractivity contribution in [3.63, 3.8) is 0 Å². The summed E-state index contributed by atoms with van der Waals surface area (Å²) in [5, 5.41) is 0.628. The molecule has 0 aliphatic carbocycles. The van der Waals surface area contributed by atoms with Crippen molar-refractivity contribution in [1.29, 1.82) is 0 Å². The highest BCUT2D eigenvalue weighted by Gasteiger charge is 2.18. The summed E-state index contributed by atoms with van der Waals surface area (Å²) in [6, 6.07) is 7.39. The molecule has 6 heteroatoms. The molecule has 3 heterocycles. The fourth-order valence-corrected chi connectivity index (χ4v) is 3.02. The molecule has 0 bridgehead atoms. The second-order valence-corrected chi connectivity index (χ2v) is 5.89. The quantitative estimate of drug-likeness (QED) is 0.582. The molecule has 1 aromatic carbocycles. The van der Waals surface area contributed by atoms with Crippen LogP contribution in [0.1, 0.15) is 30.6 Å². The van der Waals surface area contributed by atoms with Crippen LogP contribution >= 0.6 is 0 Å². The van der Waals surface area contributed by atoms with E-state index in [-0.39, 0.29) is 11.6 Å². The van der Waals surface area contributed by atoms with Crippen molar-refractivity contribution in [2.24, 2.45) is 0 Å². The van der Waals surface area contributed by atoms with Crippen LogP contribution in [0.3, 0.4) is 0 Å². The number of aryl methyl sites for hydroxylation is 1. The number of fused-ring (bicyclic) bond motifs is 2. The molecule has 0 radical (unpaired) electrons. The Kier molecular flexibility index (Phi) is 3.37. The van der Waals surface area contributed by atoms with E-state index in [0.717, 1.165) is 23.2 Å². The topological polar surface area (TPSA) is 65.1 Å². The van der Waals surface area contributed by atoms with Crippen molar-refractivity contribution in [1.82, 2.24) is 23.9 Å². The Hall–Kier alpha value is -3.02. The van der Waals surface area contributed by atoms with Crippen LogP contribution in [-0.2, 0) is 0 Å². The lowest BCUT2D eigenvalue weighted by Crippen LogP contribution is -2.26. The minimum Gasteiger partial charge on any atom is -0.291 e. The lowest BCUT2D eigenvalue weighted by molar-refractivity contribution is 0.533. The molecule has 0 amide bonds. The summed E-state index contributed by atoms with van der Waals surface area (Å²) >= 11 is 0. The average molecular weight is 319 g/mol. The van der Waals surface area contributed by atoms with Crippen molar-refractivity contribution >= 4 is 16.7 Å².